The number of nitrogens with zero attached hydrogens (tertiary/aromatic N) is 3. The molecule has 0 atom stereocenters. The maximum absolute atomic E-state index is 12.5. The number of thiophene rings is 1. The summed E-state index contributed by atoms with van der Waals surface area (Å²) in [5.41, 5.74) is 0. The van der Waals surface area contributed by atoms with Crippen molar-refractivity contribution in [2.24, 2.45) is 0 Å². The van der Waals surface area contributed by atoms with E-state index in [-0.39, 0.29) is 12.3 Å². The first kappa shape index (κ1) is 19.4. The molecule has 0 spiro atoms. The maximum Gasteiger partial charge on any atom is 0.252 e. The Balaban J connectivity index is 1.58. The highest BCUT2D eigenvalue weighted by molar-refractivity contribution is 7.91. The minimum Gasteiger partial charge on any atom is -0.300 e. The minimum atomic E-state index is -3.42. The Bertz CT molecular complexity index is 854. The Labute approximate surface area is 161 Å². The number of sulfonamides is 1. The topological polar surface area (TPSA) is 92.3 Å². The summed E-state index contributed by atoms with van der Waals surface area (Å²) in [7, 11) is -3.42. The van der Waals surface area contributed by atoms with Crippen LogP contribution in [0.25, 0.3) is 0 Å². The summed E-state index contributed by atoms with van der Waals surface area (Å²) in [5.74, 6) is -0.213. The van der Waals surface area contributed by atoms with Gasteiger partial charge in [-0.05, 0) is 31.4 Å². The van der Waals surface area contributed by atoms with Gasteiger partial charge in [0, 0.05) is 24.4 Å². The van der Waals surface area contributed by atoms with Crippen molar-refractivity contribution in [1.82, 2.24) is 14.5 Å². The lowest BCUT2D eigenvalue weighted by Gasteiger charge is -2.13. The van der Waals surface area contributed by atoms with Gasteiger partial charge in [-0.1, -0.05) is 24.7 Å². The van der Waals surface area contributed by atoms with E-state index in [1.807, 2.05) is 0 Å². The second-order valence-electron chi connectivity index (χ2n) is 6.16. The first-order valence-corrected chi connectivity index (χ1v) is 11.8. The van der Waals surface area contributed by atoms with Crippen molar-refractivity contribution in [3.63, 3.8) is 0 Å². The van der Waals surface area contributed by atoms with Crippen molar-refractivity contribution in [1.29, 1.82) is 0 Å². The molecule has 3 heterocycles. The van der Waals surface area contributed by atoms with Crippen molar-refractivity contribution in [3.8, 4) is 0 Å². The van der Waals surface area contributed by atoms with Crippen molar-refractivity contribution in [3.05, 3.63) is 22.0 Å². The molecule has 7 nitrogen and oxygen atoms in total. The average molecular weight is 415 g/mol. The van der Waals surface area contributed by atoms with Crippen LogP contribution in [0.4, 0.5) is 5.13 Å². The molecule has 26 heavy (non-hydrogen) atoms. The third-order valence-corrected chi connectivity index (χ3v) is 8.44. The van der Waals surface area contributed by atoms with Crippen LogP contribution in [0.1, 0.15) is 42.5 Å². The third kappa shape index (κ3) is 4.67. The smallest absolute Gasteiger partial charge is 0.252 e. The molecule has 0 aromatic carbocycles. The van der Waals surface area contributed by atoms with Gasteiger partial charge in [-0.3, -0.25) is 4.79 Å². The fraction of sp³-hybridized carbons (Fsp3) is 0.562. The van der Waals surface area contributed by atoms with Crippen LogP contribution in [0.3, 0.4) is 0 Å². The third-order valence-electron chi connectivity index (χ3n) is 4.09. The van der Waals surface area contributed by atoms with E-state index in [0.29, 0.717) is 22.4 Å². The lowest BCUT2D eigenvalue weighted by Crippen LogP contribution is -2.27. The second kappa shape index (κ2) is 8.55. The highest BCUT2D eigenvalue weighted by Crippen LogP contribution is 2.28. The van der Waals surface area contributed by atoms with Gasteiger partial charge in [0.05, 0.1) is 6.42 Å². The number of amides is 1. The zero-order valence-corrected chi connectivity index (χ0v) is 17.1. The molecular weight excluding hydrogens is 392 g/mol. The Morgan fingerprint density at radius 2 is 2.00 bits per heavy atom. The maximum atomic E-state index is 12.5. The molecule has 1 fully saturated rings. The van der Waals surface area contributed by atoms with Crippen LogP contribution in [-0.4, -0.2) is 41.9 Å². The van der Waals surface area contributed by atoms with E-state index in [1.165, 1.54) is 15.6 Å². The second-order valence-corrected chi connectivity index (χ2v) is 10.6. The monoisotopic (exact) mass is 414 g/mol. The molecule has 10 heteroatoms. The SMILES string of the molecule is CCCCc1nnc(NC(=O)Cc2ccc(S(=O)(=O)N3CCCC3)s2)s1. The number of hydrogen-bond donors (Lipinski definition) is 1. The van der Waals surface area contributed by atoms with Gasteiger partial charge in [0.1, 0.15) is 9.22 Å². The van der Waals surface area contributed by atoms with E-state index in [1.54, 1.807) is 12.1 Å². The first-order chi connectivity index (χ1) is 12.5. The number of aromatic nitrogens is 2. The van der Waals surface area contributed by atoms with E-state index in [9.17, 15) is 13.2 Å². The minimum absolute atomic E-state index is 0.129. The van der Waals surface area contributed by atoms with Crippen LogP contribution in [0.15, 0.2) is 16.3 Å². The van der Waals surface area contributed by atoms with E-state index < -0.39 is 10.0 Å². The molecule has 1 aliphatic rings. The Kier molecular flexibility index (Phi) is 6.38. The van der Waals surface area contributed by atoms with Crippen LogP contribution in [0.2, 0.25) is 0 Å². The largest absolute Gasteiger partial charge is 0.300 e. The van der Waals surface area contributed by atoms with Crippen LogP contribution in [-0.2, 0) is 27.7 Å². The Morgan fingerprint density at radius 1 is 1.23 bits per heavy atom. The predicted octanol–water partition coefficient (Wildman–Crippen LogP) is 2.91. The van der Waals surface area contributed by atoms with Gasteiger partial charge in [0.2, 0.25) is 11.0 Å². The van der Waals surface area contributed by atoms with Crippen molar-refractivity contribution >= 4 is 43.7 Å². The number of hydrogen-bond acceptors (Lipinski definition) is 7. The molecule has 0 saturated carbocycles. The molecule has 0 radical (unpaired) electrons. The molecule has 0 unspecified atom stereocenters. The summed E-state index contributed by atoms with van der Waals surface area (Å²) in [6, 6.07) is 3.30. The van der Waals surface area contributed by atoms with Gasteiger partial charge in [-0.25, -0.2) is 8.42 Å². The lowest BCUT2D eigenvalue weighted by atomic mass is 10.3. The van der Waals surface area contributed by atoms with E-state index in [2.05, 4.69) is 22.4 Å². The number of unbranched alkanes of at least 4 members (excludes halogenated alkanes) is 1. The highest BCUT2D eigenvalue weighted by atomic mass is 32.2. The summed E-state index contributed by atoms with van der Waals surface area (Å²) in [6.45, 7) is 3.27. The van der Waals surface area contributed by atoms with E-state index in [0.717, 1.165) is 53.3 Å². The van der Waals surface area contributed by atoms with Gasteiger partial charge in [0.25, 0.3) is 10.0 Å². The van der Waals surface area contributed by atoms with Gasteiger partial charge >= 0.3 is 0 Å². The van der Waals surface area contributed by atoms with Crippen molar-refractivity contribution < 1.29 is 13.2 Å². The summed E-state index contributed by atoms with van der Waals surface area (Å²) in [4.78, 5) is 12.9. The van der Waals surface area contributed by atoms with Crippen molar-refractivity contribution in [2.45, 2.75) is 49.7 Å². The Morgan fingerprint density at radius 3 is 2.73 bits per heavy atom. The van der Waals surface area contributed by atoms with Gasteiger partial charge in [-0.2, -0.15) is 4.31 Å². The summed E-state index contributed by atoms with van der Waals surface area (Å²) in [6.07, 6.45) is 4.94. The number of nitrogens with one attached hydrogen (secondary N) is 1. The molecule has 1 saturated heterocycles. The van der Waals surface area contributed by atoms with Gasteiger partial charge in [0.15, 0.2) is 0 Å². The predicted molar refractivity (Wildman–Crippen MR) is 103 cm³/mol. The molecule has 142 valence electrons. The molecule has 0 bridgehead atoms. The van der Waals surface area contributed by atoms with E-state index in [4.69, 9.17) is 0 Å². The molecule has 3 rings (SSSR count). The quantitative estimate of drug-likeness (QED) is 0.717. The van der Waals surface area contributed by atoms with E-state index >= 15 is 0 Å². The number of carbonyl (C=O) groups excluding carboxylic acids is 1. The number of anilines is 1. The number of carbonyl (C=O) groups is 1. The van der Waals surface area contributed by atoms with Gasteiger partial charge < -0.3 is 5.32 Å². The average Bonchev–Trinajstić information content (AvgIpc) is 3.34. The molecule has 1 amide bonds. The summed E-state index contributed by atoms with van der Waals surface area (Å²) < 4.78 is 26.9. The molecule has 2 aromatic rings. The number of aryl methyl sites for hydroxylation is 1. The van der Waals surface area contributed by atoms with Crippen LogP contribution in [0, 0.1) is 0 Å². The lowest BCUT2D eigenvalue weighted by molar-refractivity contribution is -0.115. The Hall–Kier alpha value is -1.36. The van der Waals surface area contributed by atoms with Crippen LogP contribution in [0.5, 0.6) is 0 Å². The first-order valence-electron chi connectivity index (χ1n) is 8.70. The molecule has 1 aliphatic heterocycles. The standard InChI is InChI=1S/C16H22N4O3S3/c1-2-3-6-14-18-19-16(25-14)17-13(21)11-12-7-8-15(24-12)26(22,23)20-9-4-5-10-20/h7-8H,2-6,9-11H2,1H3,(H,17,19,21). The fourth-order valence-corrected chi connectivity index (χ4v) is 6.53. The normalized spacial score (nSPS) is 15.4. The zero-order valence-electron chi connectivity index (χ0n) is 14.6. The molecule has 1 N–H and O–H groups in total. The van der Waals surface area contributed by atoms with Gasteiger partial charge in [-0.15, -0.1) is 21.5 Å². The molecular formula is C16H22N4O3S3. The number of rotatable bonds is 8. The fourth-order valence-electron chi connectivity index (χ4n) is 2.70. The zero-order chi connectivity index (χ0) is 18.6. The molecule has 2 aromatic heterocycles. The molecule has 0 aliphatic carbocycles. The van der Waals surface area contributed by atoms with Crippen LogP contribution >= 0.6 is 22.7 Å². The summed E-state index contributed by atoms with van der Waals surface area (Å²) >= 11 is 2.54. The van der Waals surface area contributed by atoms with Crippen molar-refractivity contribution in [2.75, 3.05) is 18.4 Å². The highest BCUT2D eigenvalue weighted by Gasteiger charge is 2.28. The van der Waals surface area contributed by atoms with Crippen LogP contribution < -0.4 is 5.32 Å². The summed E-state index contributed by atoms with van der Waals surface area (Å²) in [5, 5.41) is 12.2.